The lowest BCUT2D eigenvalue weighted by Crippen LogP contribution is -2.00. The molecule has 0 bridgehead atoms. The second kappa shape index (κ2) is 6.31. The molecule has 24 heavy (non-hydrogen) atoms. The van der Waals surface area contributed by atoms with E-state index >= 15 is 0 Å². The van der Waals surface area contributed by atoms with Gasteiger partial charge in [-0.3, -0.25) is 0 Å². The quantitative estimate of drug-likeness (QED) is 0.748. The van der Waals surface area contributed by atoms with Gasteiger partial charge in [-0.15, -0.1) is 0 Å². The van der Waals surface area contributed by atoms with Crippen LogP contribution in [0.4, 0.5) is 11.5 Å². The highest BCUT2D eigenvalue weighted by Gasteiger charge is 2.21. The van der Waals surface area contributed by atoms with Gasteiger partial charge in [-0.05, 0) is 48.4 Å². The van der Waals surface area contributed by atoms with Gasteiger partial charge in [0.1, 0.15) is 11.6 Å². The minimum absolute atomic E-state index is 0.337. The lowest BCUT2D eigenvalue weighted by Gasteiger charge is -2.10. The van der Waals surface area contributed by atoms with Gasteiger partial charge < -0.3 is 14.8 Å². The summed E-state index contributed by atoms with van der Waals surface area (Å²) >= 11 is 0. The summed E-state index contributed by atoms with van der Waals surface area (Å²) in [4.78, 5) is 12.6. The van der Waals surface area contributed by atoms with Crippen molar-refractivity contribution in [1.82, 2.24) is 15.0 Å². The van der Waals surface area contributed by atoms with Crippen LogP contribution >= 0.6 is 0 Å². The summed E-state index contributed by atoms with van der Waals surface area (Å²) in [5.74, 6) is 2.40. The van der Waals surface area contributed by atoms with E-state index in [0.717, 1.165) is 40.6 Å². The Kier molecular flexibility index (Phi) is 3.86. The first-order valence-electron chi connectivity index (χ1n) is 7.96. The third-order valence-electron chi connectivity index (χ3n) is 3.99. The minimum Gasteiger partial charge on any atom is -0.493 e. The second-order valence-corrected chi connectivity index (χ2v) is 5.88. The van der Waals surface area contributed by atoms with Gasteiger partial charge in [-0.1, -0.05) is 0 Å². The Hall–Kier alpha value is -2.89. The summed E-state index contributed by atoms with van der Waals surface area (Å²) in [7, 11) is 1.54. The van der Waals surface area contributed by atoms with Crippen LogP contribution in [0.25, 0.3) is 10.8 Å². The van der Waals surface area contributed by atoms with Crippen molar-refractivity contribution in [2.75, 3.05) is 19.0 Å². The van der Waals surface area contributed by atoms with E-state index < -0.39 is 0 Å². The highest BCUT2D eigenvalue weighted by Crippen LogP contribution is 2.31. The van der Waals surface area contributed by atoms with Crippen LogP contribution in [0.2, 0.25) is 0 Å². The zero-order valence-corrected chi connectivity index (χ0v) is 13.4. The van der Waals surface area contributed by atoms with E-state index in [0.29, 0.717) is 6.01 Å². The molecule has 1 saturated carbocycles. The summed E-state index contributed by atoms with van der Waals surface area (Å²) in [5.41, 5.74) is 0.754. The van der Waals surface area contributed by atoms with E-state index in [1.54, 1.807) is 18.6 Å². The van der Waals surface area contributed by atoms with Gasteiger partial charge in [0.2, 0.25) is 0 Å². The van der Waals surface area contributed by atoms with E-state index in [9.17, 15) is 0 Å². The molecule has 1 aromatic carbocycles. The standard InChI is InChI=1S/C18H18N4O2/c1-23-18-20-9-14(10-21-18)22-17-16-5-4-15(24-11-12-2-3-12)8-13(16)6-7-19-17/h4-10,12H,2-3,11H2,1H3,(H,19,22). The molecule has 6 nitrogen and oxygen atoms in total. The Morgan fingerprint density at radius 2 is 1.96 bits per heavy atom. The first kappa shape index (κ1) is 14.7. The minimum atomic E-state index is 0.337. The molecule has 0 atom stereocenters. The average Bonchev–Trinajstić information content (AvgIpc) is 3.45. The van der Waals surface area contributed by atoms with Crippen LogP contribution in [0.5, 0.6) is 11.8 Å². The van der Waals surface area contributed by atoms with Crippen LogP contribution < -0.4 is 14.8 Å². The number of rotatable bonds is 6. The fraction of sp³-hybridized carbons (Fsp3) is 0.278. The number of pyridine rings is 1. The largest absolute Gasteiger partial charge is 0.493 e. The number of fused-ring (bicyclic) bond motifs is 1. The smallest absolute Gasteiger partial charge is 0.316 e. The molecular weight excluding hydrogens is 304 g/mol. The van der Waals surface area contributed by atoms with Crippen LogP contribution in [0.15, 0.2) is 42.9 Å². The predicted molar refractivity (Wildman–Crippen MR) is 91.8 cm³/mol. The fourth-order valence-corrected chi connectivity index (χ4v) is 2.47. The number of hydrogen-bond donors (Lipinski definition) is 1. The van der Waals surface area contributed by atoms with Gasteiger partial charge in [-0.2, -0.15) is 0 Å². The van der Waals surface area contributed by atoms with Gasteiger partial charge in [-0.25, -0.2) is 15.0 Å². The molecule has 0 amide bonds. The summed E-state index contributed by atoms with van der Waals surface area (Å²) in [6.07, 6.45) is 7.68. The SMILES string of the molecule is COc1ncc(Nc2nccc3cc(OCC4CC4)ccc23)cn1. The summed E-state index contributed by atoms with van der Waals surface area (Å²) < 4.78 is 10.8. The fourth-order valence-electron chi connectivity index (χ4n) is 2.47. The Bertz CT molecular complexity index is 847. The van der Waals surface area contributed by atoms with Crippen LogP contribution in [0.3, 0.4) is 0 Å². The number of hydrogen-bond acceptors (Lipinski definition) is 6. The molecule has 3 aromatic rings. The van der Waals surface area contributed by atoms with Crippen molar-refractivity contribution in [3.63, 3.8) is 0 Å². The molecule has 4 rings (SSSR count). The maximum atomic E-state index is 5.85. The van der Waals surface area contributed by atoms with E-state index in [-0.39, 0.29) is 0 Å². The molecule has 1 aliphatic rings. The molecule has 0 saturated heterocycles. The van der Waals surface area contributed by atoms with Gasteiger partial charge in [0.15, 0.2) is 0 Å². The average molecular weight is 322 g/mol. The Morgan fingerprint density at radius 3 is 2.71 bits per heavy atom. The molecule has 1 fully saturated rings. The van der Waals surface area contributed by atoms with Crippen LogP contribution in [0.1, 0.15) is 12.8 Å². The van der Waals surface area contributed by atoms with Crippen LogP contribution in [0, 0.1) is 5.92 Å². The molecular formula is C18H18N4O2. The predicted octanol–water partition coefficient (Wildman–Crippen LogP) is 3.57. The van der Waals surface area contributed by atoms with Crippen LogP contribution in [-0.2, 0) is 0 Å². The monoisotopic (exact) mass is 322 g/mol. The second-order valence-electron chi connectivity index (χ2n) is 5.88. The van der Waals surface area contributed by atoms with Crippen molar-refractivity contribution in [2.45, 2.75) is 12.8 Å². The zero-order valence-electron chi connectivity index (χ0n) is 13.4. The van der Waals surface area contributed by atoms with Gasteiger partial charge >= 0.3 is 6.01 Å². The van der Waals surface area contributed by atoms with E-state index in [2.05, 4.69) is 26.3 Å². The van der Waals surface area contributed by atoms with Crippen molar-refractivity contribution >= 4 is 22.3 Å². The Labute approximate surface area is 139 Å². The number of nitrogens with zero attached hydrogens (tertiary/aromatic N) is 3. The first-order chi connectivity index (χ1) is 11.8. The lowest BCUT2D eigenvalue weighted by molar-refractivity contribution is 0.300. The molecule has 6 heteroatoms. The molecule has 2 aromatic heterocycles. The van der Waals surface area contributed by atoms with Gasteiger partial charge in [0, 0.05) is 11.6 Å². The summed E-state index contributed by atoms with van der Waals surface area (Å²) in [6.45, 7) is 0.810. The molecule has 0 aliphatic heterocycles. The van der Waals surface area contributed by atoms with E-state index in [4.69, 9.17) is 9.47 Å². The van der Waals surface area contributed by atoms with Crippen molar-refractivity contribution in [1.29, 1.82) is 0 Å². The lowest BCUT2D eigenvalue weighted by atomic mass is 10.1. The number of aromatic nitrogens is 3. The van der Waals surface area contributed by atoms with Crippen molar-refractivity contribution in [3.05, 3.63) is 42.9 Å². The highest BCUT2D eigenvalue weighted by molar-refractivity contribution is 5.93. The molecule has 122 valence electrons. The number of anilines is 2. The maximum absolute atomic E-state index is 5.85. The molecule has 0 spiro atoms. The zero-order chi connectivity index (χ0) is 16.4. The third kappa shape index (κ3) is 3.22. The molecule has 1 aliphatic carbocycles. The van der Waals surface area contributed by atoms with Crippen LogP contribution in [-0.4, -0.2) is 28.7 Å². The Balaban J connectivity index is 1.57. The van der Waals surface area contributed by atoms with Gasteiger partial charge in [0.05, 0.1) is 31.8 Å². The molecule has 1 N–H and O–H groups in total. The van der Waals surface area contributed by atoms with E-state index in [1.165, 1.54) is 20.0 Å². The number of methoxy groups -OCH3 is 1. The number of ether oxygens (including phenoxy) is 2. The molecule has 0 radical (unpaired) electrons. The van der Waals surface area contributed by atoms with Crippen molar-refractivity contribution < 1.29 is 9.47 Å². The van der Waals surface area contributed by atoms with Crippen molar-refractivity contribution in [3.8, 4) is 11.8 Å². The topological polar surface area (TPSA) is 69.2 Å². The maximum Gasteiger partial charge on any atom is 0.316 e. The highest BCUT2D eigenvalue weighted by atomic mass is 16.5. The number of benzene rings is 1. The van der Waals surface area contributed by atoms with E-state index in [1.807, 2.05) is 18.2 Å². The van der Waals surface area contributed by atoms with Crippen molar-refractivity contribution in [2.24, 2.45) is 5.92 Å². The third-order valence-corrected chi connectivity index (χ3v) is 3.99. The first-order valence-corrected chi connectivity index (χ1v) is 7.96. The van der Waals surface area contributed by atoms with Gasteiger partial charge in [0.25, 0.3) is 0 Å². The summed E-state index contributed by atoms with van der Waals surface area (Å²) in [5, 5.41) is 5.34. The number of nitrogens with one attached hydrogen (secondary N) is 1. The molecule has 0 unspecified atom stereocenters. The Morgan fingerprint density at radius 1 is 1.12 bits per heavy atom. The normalized spacial score (nSPS) is 13.7. The molecule has 2 heterocycles. The summed E-state index contributed by atoms with van der Waals surface area (Å²) in [6, 6.07) is 8.38.